The number of nitrogens with two attached hydrogens (primary N) is 1. The van der Waals surface area contributed by atoms with E-state index in [2.05, 4.69) is 5.10 Å². The molecule has 0 spiro atoms. The Hall–Kier alpha value is -3.03. The molecule has 3 amide bonds. The van der Waals surface area contributed by atoms with E-state index in [1.807, 2.05) is 13.1 Å². The lowest BCUT2D eigenvalue weighted by Gasteiger charge is -2.31. The summed E-state index contributed by atoms with van der Waals surface area (Å²) in [6.07, 6.45) is 2.76. The molecule has 3 rings (SSSR count). The van der Waals surface area contributed by atoms with Gasteiger partial charge in [-0.05, 0) is 37.1 Å². The molecule has 2 N–H and O–H groups in total. The second kappa shape index (κ2) is 6.84. The van der Waals surface area contributed by atoms with Gasteiger partial charge in [-0.2, -0.15) is 5.10 Å². The van der Waals surface area contributed by atoms with Gasteiger partial charge in [0.25, 0.3) is 5.91 Å². The van der Waals surface area contributed by atoms with Crippen molar-refractivity contribution in [2.24, 2.45) is 12.8 Å². The van der Waals surface area contributed by atoms with E-state index < -0.39 is 12.1 Å². The van der Waals surface area contributed by atoms with Gasteiger partial charge in [-0.1, -0.05) is 0 Å². The Bertz CT molecular complexity index is 771. The Morgan fingerprint density at radius 3 is 2.64 bits per heavy atom. The van der Waals surface area contributed by atoms with Crippen molar-refractivity contribution in [3.63, 3.8) is 0 Å². The highest BCUT2D eigenvalue weighted by Gasteiger charge is 2.32. The number of benzene rings is 1. The molecule has 0 aliphatic carbocycles. The molecule has 2 heterocycles. The van der Waals surface area contributed by atoms with Crippen LogP contribution in [0.15, 0.2) is 36.5 Å². The van der Waals surface area contributed by atoms with Crippen LogP contribution in [0.3, 0.4) is 0 Å². The van der Waals surface area contributed by atoms with Gasteiger partial charge >= 0.3 is 6.03 Å². The zero-order chi connectivity index (χ0) is 18.0. The third-order valence-electron chi connectivity index (χ3n) is 4.20. The molecule has 0 saturated carbocycles. The van der Waals surface area contributed by atoms with Crippen molar-refractivity contribution in [3.8, 4) is 5.75 Å². The van der Waals surface area contributed by atoms with Crippen LogP contribution in [0.4, 0.5) is 16.3 Å². The highest BCUT2D eigenvalue weighted by molar-refractivity contribution is 5.96. The molecule has 0 radical (unpaired) electrons. The molecular formula is C17H21N5O3. The number of carbonyl (C=O) groups excluding carboxylic acids is 2. The van der Waals surface area contributed by atoms with Gasteiger partial charge in [-0.15, -0.1) is 0 Å². The number of ether oxygens (including phenoxy) is 1. The van der Waals surface area contributed by atoms with Gasteiger partial charge in [0.15, 0.2) is 11.9 Å². The first-order valence-electron chi connectivity index (χ1n) is 8.06. The van der Waals surface area contributed by atoms with Crippen molar-refractivity contribution in [2.45, 2.75) is 18.9 Å². The Labute approximate surface area is 145 Å². The average Bonchev–Trinajstić information content (AvgIpc) is 3.03. The molecule has 2 aromatic rings. The second-order valence-corrected chi connectivity index (χ2v) is 5.98. The van der Waals surface area contributed by atoms with E-state index in [1.54, 1.807) is 47.1 Å². The Morgan fingerprint density at radius 1 is 1.32 bits per heavy atom. The Balaban J connectivity index is 1.69. The summed E-state index contributed by atoms with van der Waals surface area (Å²) < 4.78 is 7.53. The fraction of sp³-hybridized carbons (Fsp3) is 0.353. The zero-order valence-electron chi connectivity index (χ0n) is 14.3. The van der Waals surface area contributed by atoms with E-state index >= 15 is 0 Å². The normalized spacial score (nSPS) is 17.4. The highest BCUT2D eigenvalue weighted by atomic mass is 16.5. The maximum absolute atomic E-state index is 12.7. The number of aromatic nitrogens is 2. The van der Waals surface area contributed by atoms with Crippen LogP contribution in [0.2, 0.25) is 0 Å². The fourth-order valence-electron chi connectivity index (χ4n) is 2.77. The number of amides is 3. The van der Waals surface area contributed by atoms with Crippen molar-refractivity contribution in [1.29, 1.82) is 0 Å². The Morgan fingerprint density at radius 2 is 2.04 bits per heavy atom. The van der Waals surface area contributed by atoms with Crippen molar-refractivity contribution < 1.29 is 14.3 Å². The number of hydrogen-bond donors (Lipinski definition) is 1. The molecule has 25 heavy (non-hydrogen) atoms. The van der Waals surface area contributed by atoms with Crippen LogP contribution in [-0.2, 0) is 11.8 Å². The van der Waals surface area contributed by atoms with E-state index in [0.717, 1.165) is 6.42 Å². The van der Waals surface area contributed by atoms with Crippen LogP contribution in [-0.4, -0.2) is 41.4 Å². The van der Waals surface area contributed by atoms with Gasteiger partial charge in [-0.3, -0.25) is 19.3 Å². The second-order valence-electron chi connectivity index (χ2n) is 5.98. The smallest absolute Gasteiger partial charge is 0.318 e. The fourth-order valence-corrected chi connectivity index (χ4v) is 2.77. The maximum atomic E-state index is 12.7. The van der Waals surface area contributed by atoms with Crippen LogP contribution >= 0.6 is 0 Å². The number of nitrogens with zero attached hydrogens (tertiary/aromatic N) is 4. The molecule has 8 heteroatoms. The summed E-state index contributed by atoms with van der Waals surface area (Å²) in [4.78, 5) is 26.9. The molecule has 1 saturated heterocycles. The van der Waals surface area contributed by atoms with Crippen LogP contribution in [0.1, 0.15) is 12.8 Å². The summed E-state index contributed by atoms with van der Waals surface area (Å²) in [6, 6.07) is 8.17. The van der Waals surface area contributed by atoms with Gasteiger partial charge in [0, 0.05) is 38.6 Å². The van der Waals surface area contributed by atoms with E-state index in [1.165, 1.54) is 4.90 Å². The van der Waals surface area contributed by atoms with Crippen molar-refractivity contribution in [3.05, 3.63) is 36.5 Å². The average molecular weight is 343 g/mol. The van der Waals surface area contributed by atoms with Crippen LogP contribution in [0.25, 0.3) is 0 Å². The lowest BCUT2D eigenvalue weighted by atomic mass is 10.1. The number of anilines is 2. The summed E-state index contributed by atoms with van der Waals surface area (Å²) in [7, 11) is 3.41. The lowest BCUT2D eigenvalue weighted by molar-refractivity contribution is -0.127. The van der Waals surface area contributed by atoms with Crippen molar-refractivity contribution >= 4 is 23.4 Å². The number of primary amides is 1. The molecule has 1 atom stereocenters. The largest absolute Gasteiger partial charge is 0.481 e. The molecule has 1 aromatic heterocycles. The van der Waals surface area contributed by atoms with Gasteiger partial charge in [0.1, 0.15) is 5.75 Å². The number of aryl methyl sites for hydroxylation is 1. The number of piperidine rings is 1. The van der Waals surface area contributed by atoms with E-state index in [9.17, 15) is 9.59 Å². The zero-order valence-corrected chi connectivity index (χ0v) is 14.3. The van der Waals surface area contributed by atoms with Gasteiger partial charge in [0.2, 0.25) is 0 Å². The third-order valence-corrected chi connectivity index (χ3v) is 4.20. The number of urea groups is 1. The predicted octanol–water partition coefficient (Wildman–Crippen LogP) is 1.51. The van der Waals surface area contributed by atoms with Gasteiger partial charge < -0.3 is 10.5 Å². The topological polar surface area (TPSA) is 93.7 Å². The predicted molar refractivity (Wildman–Crippen MR) is 93.6 cm³/mol. The van der Waals surface area contributed by atoms with Gasteiger partial charge in [0.05, 0.1) is 0 Å². The minimum atomic E-state index is -0.546. The molecule has 1 aliphatic rings. The molecule has 132 valence electrons. The van der Waals surface area contributed by atoms with Gasteiger partial charge in [-0.25, -0.2) is 4.79 Å². The van der Waals surface area contributed by atoms with Crippen LogP contribution < -0.4 is 20.3 Å². The standard InChI is InChI=1S/C17H21N5O3/c1-20-11-9-15(19-20)22-10-3-4-14(16(22)23)25-13-7-5-12(6-8-13)21(2)17(18)24/h5-9,11,14H,3-4,10H2,1-2H3,(H2,18,24)/t14-/m1/s1. The number of carbonyl (C=O) groups is 2. The number of hydrogen-bond acceptors (Lipinski definition) is 4. The first kappa shape index (κ1) is 16.8. The molecule has 1 aliphatic heterocycles. The van der Waals surface area contributed by atoms with Crippen LogP contribution in [0, 0.1) is 0 Å². The van der Waals surface area contributed by atoms with Crippen molar-refractivity contribution in [2.75, 3.05) is 23.4 Å². The summed E-state index contributed by atoms with van der Waals surface area (Å²) in [5.41, 5.74) is 5.90. The molecule has 0 unspecified atom stereocenters. The number of rotatable bonds is 4. The summed E-state index contributed by atoms with van der Waals surface area (Å²) in [6.45, 7) is 0.637. The third kappa shape index (κ3) is 3.57. The SMILES string of the molecule is CN(C(N)=O)c1ccc(O[C@@H]2CCCN(c3ccn(C)n3)C2=O)cc1. The molecule has 1 fully saturated rings. The molecular weight excluding hydrogens is 322 g/mol. The lowest BCUT2D eigenvalue weighted by Crippen LogP contribution is -2.47. The minimum absolute atomic E-state index is 0.0942. The van der Waals surface area contributed by atoms with E-state index in [-0.39, 0.29) is 5.91 Å². The quantitative estimate of drug-likeness (QED) is 0.910. The minimum Gasteiger partial charge on any atom is -0.481 e. The highest BCUT2D eigenvalue weighted by Crippen LogP contribution is 2.24. The Kier molecular flexibility index (Phi) is 4.60. The molecule has 0 bridgehead atoms. The summed E-state index contributed by atoms with van der Waals surface area (Å²) in [5, 5.41) is 4.29. The molecule has 8 nitrogen and oxygen atoms in total. The first-order chi connectivity index (χ1) is 12.0. The van der Waals surface area contributed by atoms with E-state index in [4.69, 9.17) is 10.5 Å². The van der Waals surface area contributed by atoms with Crippen LogP contribution in [0.5, 0.6) is 5.75 Å². The van der Waals surface area contributed by atoms with Crippen molar-refractivity contribution in [1.82, 2.24) is 9.78 Å². The van der Waals surface area contributed by atoms with E-state index in [0.29, 0.717) is 30.2 Å². The molecule has 1 aromatic carbocycles. The monoisotopic (exact) mass is 343 g/mol. The maximum Gasteiger partial charge on any atom is 0.318 e. The summed E-state index contributed by atoms with van der Waals surface area (Å²) >= 11 is 0. The summed E-state index contributed by atoms with van der Waals surface area (Å²) in [5.74, 6) is 1.12. The first-order valence-corrected chi connectivity index (χ1v) is 8.06.